The lowest BCUT2D eigenvalue weighted by Gasteiger charge is -2.28. The molecule has 0 saturated heterocycles. The van der Waals surface area contributed by atoms with E-state index in [9.17, 15) is 0 Å². The number of fused-ring (bicyclic) bond motifs is 11. The highest BCUT2D eigenvalue weighted by molar-refractivity contribution is 6.10. The van der Waals surface area contributed by atoms with Crippen LogP contribution in [0, 0.1) is 40.5 Å². The van der Waals surface area contributed by atoms with Gasteiger partial charge in [-0.25, -0.2) is 33.6 Å². The summed E-state index contributed by atoms with van der Waals surface area (Å²) in [6, 6.07) is 75.3. The Labute approximate surface area is 760 Å². The average molecular weight is 1690 g/mol. The smallest absolute Gasteiger partial charge is 0.294 e. The minimum absolute atomic E-state index is 0.248. The van der Waals surface area contributed by atoms with Crippen molar-refractivity contribution in [2.75, 3.05) is 40.7 Å². The highest BCUT2D eigenvalue weighted by Crippen LogP contribution is 2.49. The van der Waals surface area contributed by atoms with Crippen molar-refractivity contribution in [3.63, 3.8) is 0 Å². The second kappa shape index (κ2) is 60.1. The van der Waals surface area contributed by atoms with Crippen molar-refractivity contribution in [1.82, 2.24) is 29.1 Å². The van der Waals surface area contributed by atoms with Gasteiger partial charge >= 0.3 is 0 Å². The van der Waals surface area contributed by atoms with Crippen molar-refractivity contribution in [1.29, 1.82) is 0 Å². The molecule has 0 radical (unpaired) electrons. The molecule has 0 bridgehead atoms. The first kappa shape index (κ1) is 111. The second-order valence-electron chi connectivity index (χ2n) is 26.5. The van der Waals surface area contributed by atoms with Crippen LogP contribution in [0.3, 0.4) is 0 Å². The molecule has 4 aliphatic rings. The molecule has 0 amide bonds. The van der Waals surface area contributed by atoms with Crippen LogP contribution < -0.4 is 28.7 Å². The van der Waals surface area contributed by atoms with E-state index in [1.165, 1.54) is 122 Å². The van der Waals surface area contributed by atoms with Gasteiger partial charge in [-0.3, -0.25) is 0 Å². The molecule has 0 fully saturated rings. The van der Waals surface area contributed by atoms with Gasteiger partial charge in [-0.05, 0) is 178 Å². The van der Waals surface area contributed by atoms with E-state index < -0.39 is 0 Å². The van der Waals surface area contributed by atoms with Crippen molar-refractivity contribution in [3.05, 3.63) is 301 Å². The van der Waals surface area contributed by atoms with Crippen LogP contribution in [0.15, 0.2) is 262 Å². The Morgan fingerprint density at radius 1 is 0.328 bits per heavy atom. The van der Waals surface area contributed by atoms with Crippen molar-refractivity contribution >= 4 is 83.8 Å². The van der Waals surface area contributed by atoms with E-state index in [0.29, 0.717) is 11.8 Å². The summed E-state index contributed by atoms with van der Waals surface area (Å²) in [6.45, 7) is 69.5. The predicted molar refractivity (Wildman–Crippen MR) is 555 cm³/mol. The van der Waals surface area contributed by atoms with Crippen LogP contribution in [0.2, 0.25) is 0 Å². The third-order valence-corrected chi connectivity index (χ3v) is 20.4. The van der Waals surface area contributed by atoms with Gasteiger partial charge in [-0.1, -0.05) is 320 Å². The van der Waals surface area contributed by atoms with Crippen LogP contribution in [-0.2, 0) is 14.1 Å². The number of pyridine rings is 2. The minimum Gasteiger partial charge on any atom is -0.350 e. The summed E-state index contributed by atoms with van der Waals surface area (Å²) in [7, 11) is 10.5. The Hall–Kier alpha value is -11.6. The Morgan fingerprint density at radius 2 is 0.736 bits per heavy atom. The van der Waals surface area contributed by atoms with E-state index in [-0.39, 0.29) is 12.3 Å². The summed E-state index contributed by atoms with van der Waals surface area (Å²) in [5.41, 5.74) is 24.6. The zero-order valence-corrected chi connectivity index (χ0v) is 84.9. The number of hydrogen-bond acceptors (Lipinski definition) is 8. The van der Waals surface area contributed by atoms with E-state index in [4.69, 9.17) is 0 Å². The molecule has 14 aromatic rings. The van der Waals surface area contributed by atoms with Gasteiger partial charge in [0, 0.05) is 47.7 Å². The maximum absolute atomic E-state index is 4.43. The number of aromatic nitrogens is 8. The Morgan fingerprint density at radius 3 is 1.27 bits per heavy atom. The molecule has 1 aliphatic carbocycles. The zero-order valence-electron chi connectivity index (χ0n) is 84.9. The molecule has 125 heavy (non-hydrogen) atoms. The highest BCUT2D eigenvalue weighted by Gasteiger charge is 2.41. The van der Waals surface area contributed by atoms with Crippen LogP contribution in [0.5, 0.6) is 0 Å². The number of aryl methyl sites for hydroxylation is 7. The number of nitrogens with zero attached hydrogens (tertiary/aromatic N) is 13. The fraction of sp³-hybridized carbons (Fsp3) is 0.384. The van der Waals surface area contributed by atoms with Gasteiger partial charge in [0.05, 0.1) is 56.1 Å². The third-order valence-electron chi connectivity index (χ3n) is 20.4. The summed E-state index contributed by atoms with van der Waals surface area (Å²) in [5.74, 6) is 4.04. The molecule has 9 heterocycles. The maximum atomic E-state index is 4.43. The molecule has 6 aromatic heterocycles. The maximum Gasteiger partial charge on any atom is 0.294 e. The molecule has 0 spiro atoms. The Bertz CT molecular complexity index is 5160. The van der Waals surface area contributed by atoms with Gasteiger partial charge in [-0.2, -0.15) is 9.13 Å². The van der Waals surface area contributed by atoms with Crippen molar-refractivity contribution < 1.29 is 13.7 Å². The van der Waals surface area contributed by atoms with Gasteiger partial charge < -0.3 is 19.6 Å². The van der Waals surface area contributed by atoms with Crippen LogP contribution in [0.25, 0.3) is 66.4 Å². The summed E-state index contributed by atoms with van der Waals surface area (Å²) in [6.07, 6.45) is 16.2. The summed E-state index contributed by atoms with van der Waals surface area (Å²) >= 11 is 0. The molecule has 0 N–H and O–H groups in total. The molecule has 4 unspecified atom stereocenters. The number of allylic oxidation sites excluding steroid dienone is 1. The van der Waals surface area contributed by atoms with Crippen LogP contribution in [0.1, 0.15) is 246 Å². The first-order valence-electron chi connectivity index (χ1n) is 47.2. The molecular weight excluding hydrogens is 1530 g/mol. The fourth-order valence-electron chi connectivity index (χ4n) is 15.2. The fourth-order valence-corrected chi connectivity index (χ4v) is 15.2. The van der Waals surface area contributed by atoms with Crippen LogP contribution >= 0.6 is 0 Å². The number of rotatable bonds is 5. The monoisotopic (exact) mass is 1690 g/mol. The third kappa shape index (κ3) is 25.8. The number of para-hydroxylation sites is 6. The lowest BCUT2D eigenvalue weighted by molar-refractivity contribution is -0.665. The summed E-state index contributed by atoms with van der Waals surface area (Å²) in [4.78, 5) is 26.0. The van der Waals surface area contributed by atoms with Crippen LogP contribution in [0.4, 0.5) is 34.4 Å². The van der Waals surface area contributed by atoms with Gasteiger partial charge in [0.2, 0.25) is 0 Å². The molecular formula is C112H164N13+3. The SMILES string of the molecule is CC.CC.CC.CC.CC.CC.CC.CC.CC.CC.CC.CC.CC.Cc1cccc2c1C(C1=[N+](C)C=CC1C)c1ccccc1-2.Cc1cccc2c3ccccc3n(-c3cccc[n+]3C)c12.Cc1ccccc1-n1c2ccccc2c2ccc[n+](C)c21.Cc1ccccc1N1c2cncnc2N(C)C1C.Cc1ccccc1N1c2ncncc2N(C)C1C. The van der Waals surface area contributed by atoms with Gasteiger partial charge in [-0.15, -0.1) is 0 Å². The molecule has 18 rings (SSSR count). The van der Waals surface area contributed by atoms with E-state index in [0.717, 1.165) is 23.0 Å². The zero-order chi connectivity index (χ0) is 94.8. The Balaban J connectivity index is 0.000000732. The van der Waals surface area contributed by atoms with Crippen molar-refractivity contribution in [2.24, 2.45) is 20.0 Å². The van der Waals surface area contributed by atoms with E-state index >= 15 is 0 Å². The molecule has 4 atom stereocenters. The van der Waals surface area contributed by atoms with Gasteiger partial charge in [0.1, 0.15) is 65.6 Å². The largest absolute Gasteiger partial charge is 0.350 e. The first-order valence-corrected chi connectivity index (χ1v) is 47.2. The van der Waals surface area contributed by atoms with Crippen molar-refractivity contribution in [3.8, 4) is 22.6 Å². The number of benzene rings is 8. The molecule has 13 nitrogen and oxygen atoms in total. The number of anilines is 6. The lowest BCUT2D eigenvalue weighted by Crippen LogP contribution is -2.36. The van der Waals surface area contributed by atoms with E-state index in [1.807, 2.05) is 192 Å². The summed E-state index contributed by atoms with van der Waals surface area (Å²) < 4.78 is 11.4. The van der Waals surface area contributed by atoms with Crippen molar-refractivity contribution in [2.45, 2.75) is 254 Å². The van der Waals surface area contributed by atoms with Gasteiger partial charge in [0.15, 0.2) is 23.5 Å². The standard InChI is InChI=1S/C20H20N.2C19H17N2.2C14H16N4.13C2H6/c1-13-7-6-10-16-15-8-4-5-9-17(15)19(18(13)16)20-14(2)11-12-21(20)3;1-14-8-3-5-11-17(14)21-18-12-6-4-9-15(18)16-10-7-13-20(2)19(16)21;1-14-8-7-10-16-15-9-3-4-11-17(15)21(19(14)16)18-12-5-6-13-20(18)2;1-10-6-4-5-7-12(10)18-11(2)17(3)14-13(18)8-15-9-16-14;1-10-6-4-5-7-12(10)18-11(2)17(3)13-8-15-9-16-14(13)18;13*1-2/h4-12,14,19H,1-3H3;2*3-13H,1-2H3;2*4-9,11H,1-3H3;13*1-2H3/q3*+1;;;;;;;;;;;;;;;. The second-order valence-corrected chi connectivity index (χ2v) is 26.5. The number of hydrogen-bond donors (Lipinski definition) is 0. The normalized spacial score (nSPS) is 13.4. The first-order chi connectivity index (χ1) is 61.1. The quantitative estimate of drug-likeness (QED) is 0.158. The van der Waals surface area contributed by atoms with Gasteiger partial charge in [0.25, 0.3) is 11.5 Å². The lowest BCUT2D eigenvalue weighted by atomic mass is 9.84. The molecule has 0 saturated carbocycles. The minimum atomic E-state index is 0.248. The molecule has 13 heteroatoms. The predicted octanol–water partition coefficient (Wildman–Crippen LogP) is 31.0. The Kier molecular flexibility index (Phi) is 53.6. The molecule has 3 aliphatic heterocycles. The average Bonchev–Trinajstić information content (AvgIpc) is 1.60. The van der Waals surface area contributed by atoms with E-state index in [1.54, 1.807) is 12.7 Å². The highest BCUT2D eigenvalue weighted by atomic mass is 15.4. The molecule has 8 aromatic carbocycles. The molecule has 674 valence electrons. The van der Waals surface area contributed by atoms with E-state index in [2.05, 4.69) is 390 Å². The van der Waals surface area contributed by atoms with Crippen LogP contribution in [-0.4, -0.2) is 72.8 Å². The summed E-state index contributed by atoms with van der Waals surface area (Å²) in [5, 5.41) is 5.21. The topological polar surface area (TPSA) is 85.2 Å².